The predicted octanol–water partition coefficient (Wildman–Crippen LogP) is 2.02. The van der Waals surface area contributed by atoms with E-state index in [1.54, 1.807) is 0 Å². The molecule has 0 radical (unpaired) electrons. The summed E-state index contributed by atoms with van der Waals surface area (Å²) in [5.74, 6) is 2.33. The minimum atomic E-state index is 0.647. The van der Waals surface area contributed by atoms with E-state index < -0.39 is 0 Å². The van der Waals surface area contributed by atoms with Crippen molar-refractivity contribution in [3.63, 3.8) is 0 Å². The molecule has 124 valence electrons. The molecule has 1 saturated heterocycles. The average Bonchev–Trinajstić information content (AvgIpc) is 2.93. The van der Waals surface area contributed by atoms with Crippen LogP contribution in [0.15, 0.2) is 12.1 Å². The number of nitrogens with two attached hydrogens (primary N) is 1. The molecule has 0 aromatic carbocycles. The number of aryl methyl sites for hydroxylation is 3. The highest BCUT2D eigenvalue weighted by molar-refractivity contribution is 5.43. The maximum absolute atomic E-state index is 5.80. The topological polar surface area (TPSA) is 72.9 Å². The van der Waals surface area contributed by atoms with Gasteiger partial charge in [0.2, 0.25) is 0 Å². The third-order valence-electron chi connectivity index (χ3n) is 4.59. The molecule has 2 aromatic rings. The molecule has 6 nitrogen and oxygen atoms in total. The first kappa shape index (κ1) is 15.9. The Labute approximate surface area is 137 Å². The summed E-state index contributed by atoms with van der Waals surface area (Å²) < 4.78 is 1.84. The summed E-state index contributed by atoms with van der Waals surface area (Å²) in [5.41, 5.74) is 8.89. The van der Waals surface area contributed by atoms with E-state index in [4.69, 9.17) is 10.7 Å². The first-order chi connectivity index (χ1) is 11.1. The van der Waals surface area contributed by atoms with Gasteiger partial charge in [-0.15, -0.1) is 0 Å². The van der Waals surface area contributed by atoms with E-state index in [-0.39, 0.29) is 0 Å². The summed E-state index contributed by atoms with van der Waals surface area (Å²) in [6.07, 6.45) is 3.16. The molecule has 6 heteroatoms. The number of hydrogen-bond donors (Lipinski definition) is 1. The van der Waals surface area contributed by atoms with Gasteiger partial charge in [0.25, 0.3) is 5.95 Å². The Hall–Kier alpha value is -1.95. The van der Waals surface area contributed by atoms with Crippen molar-refractivity contribution in [3.8, 4) is 5.95 Å². The average molecular weight is 314 g/mol. The molecule has 0 unspecified atom stereocenters. The quantitative estimate of drug-likeness (QED) is 0.934. The van der Waals surface area contributed by atoms with E-state index in [9.17, 15) is 0 Å². The zero-order chi connectivity index (χ0) is 16.4. The second kappa shape index (κ2) is 6.66. The fourth-order valence-corrected chi connectivity index (χ4v) is 3.14. The number of nitrogens with zero attached hydrogens (tertiary/aromatic N) is 5. The predicted molar refractivity (Wildman–Crippen MR) is 92.0 cm³/mol. The van der Waals surface area contributed by atoms with E-state index in [2.05, 4.69) is 28.0 Å². The SMILES string of the molecule is CCc1cc(N2CCC(CN)CC2)nc(-n2nc(C)cc2C)n1. The molecule has 1 aliphatic rings. The Bertz CT molecular complexity index is 670. The first-order valence-electron chi connectivity index (χ1n) is 8.47. The highest BCUT2D eigenvalue weighted by atomic mass is 15.4. The molecule has 1 fully saturated rings. The van der Waals surface area contributed by atoms with Crippen LogP contribution in [-0.4, -0.2) is 39.4 Å². The van der Waals surface area contributed by atoms with Gasteiger partial charge >= 0.3 is 0 Å². The minimum Gasteiger partial charge on any atom is -0.356 e. The van der Waals surface area contributed by atoms with Gasteiger partial charge in [0.05, 0.1) is 5.69 Å². The molecule has 3 heterocycles. The van der Waals surface area contributed by atoms with Crippen molar-refractivity contribution in [3.05, 3.63) is 29.2 Å². The lowest BCUT2D eigenvalue weighted by atomic mass is 9.97. The van der Waals surface area contributed by atoms with E-state index >= 15 is 0 Å². The van der Waals surface area contributed by atoms with Crippen molar-refractivity contribution in [2.75, 3.05) is 24.5 Å². The lowest BCUT2D eigenvalue weighted by Crippen LogP contribution is -2.36. The number of rotatable bonds is 4. The normalized spacial score (nSPS) is 16.1. The monoisotopic (exact) mass is 314 g/mol. The molecule has 3 rings (SSSR count). The van der Waals surface area contributed by atoms with Gasteiger partial charge < -0.3 is 10.6 Å². The second-order valence-corrected chi connectivity index (χ2v) is 6.38. The van der Waals surface area contributed by atoms with Crippen molar-refractivity contribution >= 4 is 5.82 Å². The lowest BCUT2D eigenvalue weighted by molar-refractivity contribution is 0.413. The van der Waals surface area contributed by atoms with Crippen LogP contribution in [0.4, 0.5) is 5.82 Å². The number of anilines is 1. The molecule has 0 bridgehead atoms. The fourth-order valence-electron chi connectivity index (χ4n) is 3.14. The van der Waals surface area contributed by atoms with Gasteiger partial charge in [-0.3, -0.25) is 0 Å². The van der Waals surface area contributed by atoms with Crippen LogP contribution in [0, 0.1) is 19.8 Å². The van der Waals surface area contributed by atoms with Crippen LogP contribution in [0.25, 0.3) is 5.95 Å². The van der Waals surface area contributed by atoms with Crippen molar-refractivity contribution in [1.29, 1.82) is 0 Å². The Morgan fingerprint density at radius 2 is 1.91 bits per heavy atom. The number of aromatic nitrogens is 4. The van der Waals surface area contributed by atoms with Gasteiger partial charge in [0.15, 0.2) is 0 Å². The van der Waals surface area contributed by atoms with Crippen LogP contribution in [0.2, 0.25) is 0 Å². The van der Waals surface area contributed by atoms with Crippen molar-refractivity contribution in [2.24, 2.45) is 11.7 Å². The largest absolute Gasteiger partial charge is 0.356 e. The van der Waals surface area contributed by atoms with Crippen molar-refractivity contribution in [2.45, 2.75) is 40.0 Å². The van der Waals surface area contributed by atoms with Gasteiger partial charge in [0.1, 0.15) is 5.82 Å². The summed E-state index contributed by atoms with van der Waals surface area (Å²) in [5, 5.41) is 4.52. The van der Waals surface area contributed by atoms with Crippen LogP contribution in [0.3, 0.4) is 0 Å². The molecule has 1 aliphatic heterocycles. The molecular formula is C17H26N6. The summed E-state index contributed by atoms with van der Waals surface area (Å²) in [6.45, 7) is 8.96. The van der Waals surface area contributed by atoms with Crippen LogP contribution in [0.5, 0.6) is 0 Å². The van der Waals surface area contributed by atoms with Crippen LogP contribution >= 0.6 is 0 Å². The minimum absolute atomic E-state index is 0.647. The van der Waals surface area contributed by atoms with E-state index in [0.29, 0.717) is 11.9 Å². The van der Waals surface area contributed by atoms with Crippen LogP contribution in [0.1, 0.15) is 36.8 Å². The zero-order valence-corrected chi connectivity index (χ0v) is 14.3. The molecule has 0 aliphatic carbocycles. The molecule has 0 saturated carbocycles. The maximum Gasteiger partial charge on any atom is 0.252 e. The van der Waals surface area contributed by atoms with Crippen molar-refractivity contribution < 1.29 is 0 Å². The Morgan fingerprint density at radius 3 is 2.48 bits per heavy atom. The molecule has 0 amide bonds. The summed E-state index contributed by atoms with van der Waals surface area (Å²) in [7, 11) is 0. The molecule has 0 atom stereocenters. The molecule has 0 spiro atoms. The summed E-state index contributed by atoms with van der Waals surface area (Å²) in [6, 6.07) is 4.16. The lowest BCUT2D eigenvalue weighted by Gasteiger charge is -2.32. The number of hydrogen-bond acceptors (Lipinski definition) is 5. The highest BCUT2D eigenvalue weighted by Crippen LogP contribution is 2.23. The first-order valence-corrected chi connectivity index (χ1v) is 8.47. The Morgan fingerprint density at radius 1 is 1.17 bits per heavy atom. The third-order valence-corrected chi connectivity index (χ3v) is 4.59. The van der Waals surface area contributed by atoms with E-state index in [0.717, 1.165) is 61.8 Å². The molecule has 23 heavy (non-hydrogen) atoms. The van der Waals surface area contributed by atoms with Gasteiger partial charge in [-0.1, -0.05) is 6.92 Å². The summed E-state index contributed by atoms with van der Waals surface area (Å²) >= 11 is 0. The van der Waals surface area contributed by atoms with Crippen molar-refractivity contribution in [1.82, 2.24) is 19.7 Å². The van der Waals surface area contributed by atoms with Crippen LogP contribution < -0.4 is 10.6 Å². The van der Waals surface area contributed by atoms with Gasteiger partial charge in [-0.05, 0) is 51.6 Å². The van der Waals surface area contributed by atoms with Crippen LogP contribution in [-0.2, 0) is 6.42 Å². The van der Waals surface area contributed by atoms with Gasteiger partial charge in [-0.25, -0.2) is 9.67 Å². The van der Waals surface area contributed by atoms with E-state index in [1.165, 1.54) is 0 Å². The van der Waals surface area contributed by atoms with Gasteiger partial charge in [0, 0.05) is 30.5 Å². The highest BCUT2D eigenvalue weighted by Gasteiger charge is 2.20. The second-order valence-electron chi connectivity index (χ2n) is 6.38. The molecule has 2 N–H and O–H groups in total. The van der Waals surface area contributed by atoms with E-state index in [1.807, 2.05) is 24.6 Å². The Kier molecular flexibility index (Phi) is 4.61. The number of piperidine rings is 1. The Balaban J connectivity index is 1.92. The zero-order valence-electron chi connectivity index (χ0n) is 14.3. The third kappa shape index (κ3) is 3.37. The smallest absolute Gasteiger partial charge is 0.252 e. The summed E-state index contributed by atoms with van der Waals surface area (Å²) in [4.78, 5) is 11.8. The van der Waals surface area contributed by atoms with Gasteiger partial charge in [-0.2, -0.15) is 10.1 Å². The fraction of sp³-hybridized carbons (Fsp3) is 0.588. The maximum atomic E-state index is 5.80. The molecule has 2 aromatic heterocycles. The molecular weight excluding hydrogens is 288 g/mol. The standard InChI is InChI=1S/C17H26N6/c1-4-15-10-16(22-7-5-14(11-18)6-8-22)20-17(19-15)23-13(3)9-12(2)21-23/h9-10,14H,4-8,11,18H2,1-3H3.